The Morgan fingerprint density at radius 3 is 2.71 bits per heavy atom. The van der Waals surface area contributed by atoms with Crippen LogP contribution in [-0.2, 0) is 0 Å². The number of nitrogens with one attached hydrogen (secondary N) is 2. The Bertz CT molecular complexity index is 835. The second-order valence-electron chi connectivity index (χ2n) is 6.24. The van der Waals surface area contributed by atoms with Crippen molar-refractivity contribution in [2.24, 2.45) is 0 Å². The summed E-state index contributed by atoms with van der Waals surface area (Å²) in [6, 6.07) is 16.3. The number of rotatable bonds is 3. The molecule has 0 unspecified atom stereocenters. The number of hydrogen-bond acceptors (Lipinski definition) is 3. The number of piperidine rings is 1. The predicted octanol–water partition coefficient (Wildman–Crippen LogP) is 2.96. The normalized spacial score (nSPS) is 15.6. The molecule has 2 N–H and O–H groups in total. The van der Waals surface area contributed by atoms with Crippen LogP contribution in [0.4, 0.5) is 5.69 Å². The van der Waals surface area contributed by atoms with Crippen molar-refractivity contribution in [3.8, 4) is 0 Å². The minimum Gasteiger partial charge on any atom is -0.371 e. The fraction of sp³-hybridized carbons (Fsp3) is 0.263. The van der Waals surface area contributed by atoms with E-state index in [1.165, 1.54) is 5.69 Å². The van der Waals surface area contributed by atoms with E-state index in [2.05, 4.69) is 44.7 Å². The van der Waals surface area contributed by atoms with Gasteiger partial charge < -0.3 is 10.2 Å². The van der Waals surface area contributed by atoms with E-state index in [4.69, 9.17) is 0 Å². The standard InChI is InChI=1S/C19H20N4O/c24-19(14-6-7-18-15(12-14)13-20-22-18)21-16-8-10-23(11-9-16)17-4-2-1-3-5-17/h1-7,12-13,16H,8-11H2,(H,20,22)(H,21,24). The zero-order valence-corrected chi connectivity index (χ0v) is 13.4. The van der Waals surface area contributed by atoms with Gasteiger partial charge in [-0.25, -0.2) is 0 Å². The Labute approximate surface area is 140 Å². The largest absolute Gasteiger partial charge is 0.371 e. The molecule has 5 heteroatoms. The summed E-state index contributed by atoms with van der Waals surface area (Å²) in [5.41, 5.74) is 2.89. The first-order valence-electron chi connectivity index (χ1n) is 8.33. The maximum Gasteiger partial charge on any atom is 0.251 e. The van der Waals surface area contributed by atoms with Gasteiger partial charge >= 0.3 is 0 Å². The molecule has 2 aromatic carbocycles. The Hall–Kier alpha value is -2.82. The third-order valence-corrected chi connectivity index (χ3v) is 4.65. The number of fused-ring (bicyclic) bond motifs is 1. The SMILES string of the molecule is O=C(NC1CCN(c2ccccc2)CC1)c1ccc2[nH]ncc2c1. The second kappa shape index (κ2) is 6.35. The van der Waals surface area contributed by atoms with E-state index < -0.39 is 0 Å². The molecular formula is C19H20N4O. The number of anilines is 1. The van der Waals surface area contributed by atoms with Gasteiger partial charge in [-0.3, -0.25) is 9.89 Å². The molecule has 0 radical (unpaired) electrons. The lowest BCUT2D eigenvalue weighted by atomic mass is 10.0. The van der Waals surface area contributed by atoms with Gasteiger partial charge in [0.25, 0.3) is 5.91 Å². The van der Waals surface area contributed by atoms with Gasteiger partial charge in [-0.05, 0) is 43.2 Å². The van der Waals surface area contributed by atoms with E-state index in [0.29, 0.717) is 5.56 Å². The molecule has 24 heavy (non-hydrogen) atoms. The van der Waals surface area contributed by atoms with Crippen molar-refractivity contribution in [3.05, 3.63) is 60.3 Å². The van der Waals surface area contributed by atoms with E-state index in [9.17, 15) is 4.79 Å². The van der Waals surface area contributed by atoms with Crippen LogP contribution in [0.2, 0.25) is 0 Å². The van der Waals surface area contributed by atoms with Crippen LogP contribution in [0.1, 0.15) is 23.2 Å². The van der Waals surface area contributed by atoms with Gasteiger partial charge in [0, 0.05) is 35.8 Å². The van der Waals surface area contributed by atoms with E-state index in [-0.39, 0.29) is 11.9 Å². The van der Waals surface area contributed by atoms with Crippen molar-refractivity contribution in [2.75, 3.05) is 18.0 Å². The summed E-state index contributed by atoms with van der Waals surface area (Å²) in [6.45, 7) is 1.94. The number of aromatic amines is 1. The summed E-state index contributed by atoms with van der Waals surface area (Å²) in [7, 11) is 0. The molecule has 5 nitrogen and oxygen atoms in total. The number of H-pyrrole nitrogens is 1. The Morgan fingerprint density at radius 2 is 1.92 bits per heavy atom. The molecule has 0 atom stereocenters. The number of benzene rings is 2. The number of amides is 1. The summed E-state index contributed by atoms with van der Waals surface area (Å²) >= 11 is 0. The Morgan fingerprint density at radius 1 is 1.12 bits per heavy atom. The minimum absolute atomic E-state index is 0.00346. The molecule has 1 fully saturated rings. The molecule has 1 amide bonds. The van der Waals surface area contributed by atoms with Gasteiger partial charge in [0.1, 0.15) is 0 Å². The Balaban J connectivity index is 1.37. The van der Waals surface area contributed by atoms with E-state index in [1.807, 2.05) is 24.3 Å². The van der Waals surface area contributed by atoms with Crippen LogP contribution >= 0.6 is 0 Å². The summed E-state index contributed by atoms with van der Waals surface area (Å²) in [5, 5.41) is 11.0. The van der Waals surface area contributed by atoms with Crippen LogP contribution in [0.5, 0.6) is 0 Å². The van der Waals surface area contributed by atoms with Gasteiger partial charge in [-0.2, -0.15) is 5.10 Å². The number of nitrogens with zero attached hydrogens (tertiary/aromatic N) is 2. The van der Waals surface area contributed by atoms with Crippen LogP contribution in [0, 0.1) is 0 Å². The van der Waals surface area contributed by atoms with Crippen molar-refractivity contribution in [2.45, 2.75) is 18.9 Å². The predicted molar refractivity (Wildman–Crippen MR) is 95.2 cm³/mol. The average Bonchev–Trinajstić information content (AvgIpc) is 3.11. The van der Waals surface area contributed by atoms with E-state index >= 15 is 0 Å². The van der Waals surface area contributed by atoms with Crippen LogP contribution in [-0.4, -0.2) is 35.2 Å². The van der Waals surface area contributed by atoms with Crippen LogP contribution in [0.25, 0.3) is 10.9 Å². The second-order valence-corrected chi connectivity index (χ2v) is 6.24. The van der Waals surface area contributed by atoms with Crippen molar-refractivity contribution >= 4 is 22.5 Å². The lowest BCUT2D eigenvalue weighted by Crippen LogP contribution is -2.44. The smallest absolute Gasteiger partial charge is 0.251 e. The van der Waals surface area contributed by atoms with Crippen molar-refractivity contribution < 1.29 is 4.79 Å². The van der Waals surface area contributed by atoms with Crippen molar-refractivity contribution in [1.82, 2.24) is 15.5 Å². The molecule has 1 aromatic heterocycles. The monoisotopic (exact) mass is 320 g/mol. The molecule has 4 rings (SSSR count). The maximum atomic E-state index is 12.5. The summed E-state index contributed by atoms with van der Waals surface area (Å²) < 4.78 is 0. The lowest BCUT2D eigenvalue weighted by molar-refractivity contribution is 0.0931. The summed E-state index contributed by atoms with van der Waals surface area (Å²) in [6.07, 6.45) is 3.67. The molecule has 1 saturated heterocycles. The molecule has 0 bridgehead atoms. The van der Waals surface area contributed by atoms with Crippen LogP contribution in [0.15, 0.2) is 54.7 Å². The highest BCUT2D eigenvalue weighted by atomic mass is 16.1. The topological polar surface area (TPSA) is 61.0 Å². The third kappa shape index (κ3) is 2.97. The lowest BCUT2D eigenvalue weighted by Gasteiger charge is -2.34. The highest BCUT2D eigenvalue weighted by Crippen LogP contribution is 2.20. The zero-order valence-electron chi connectivity index (χ0n) is 13.4. The van der Waals surface area contributed by atoms with Gasteiger partial charge in [0.05, 0.1) is 11.7 Å². The first kappa shape index (κ1) is 14.8. The molecule has 122 valence electrons. The highest BCUT2D eigenvalue weighted by Gasteiger charge is 2.21. The fourth-order valence-corrected chi connectivity index (χ4v) is 3.27. The fourth-order valence-electron chi connectivity index (χ4n) is 3.27. The summed E-state index contributed by atoms with van der Waals surface area (Å²) in [4.78, 5) is 14.8. The van der Waals surface area contributed by atoms with Crippen molar-refractivity contribution in [1.29, 1.82) is 0 Å². The van der Waals surface area contributed by atoms with Gasteiger partial charge in [-0.1, -0.05) is 18.2 Å². The first-order valence-corrected chi connectivity index (χ1v) is 8.33. The molecule has 2 heterocycles. The van der Waals surface area contributed by atoms with E-state index in [1.54, 1.807) is 6.20 Å². The zero-order chi connectivity index (χ0) is 16.4. The Kier molecular flexibility index (Phi) is 3.91. The average molecular weight is 320 g/mol. The van der Waals surface area contributed by atoms with Gasteiger partial charge in [0.2, 0.25) is 0 Å². The molecule has 0 saturated carbocycles. The number of carbonyl (C=O) groups is 1. The molecular weight excluding hydrogens is 300 g/mol. The van der Waals surface area contributed by atoms with Gasteiger partial charge in [-0.15, -0.1) is 0 Å². The number of hydrogen-bond donors (Lipinski definition) is 2. The van der Waals surface area contributed by atoms with Gasteiger partial charge in [0.15, 0.2) is 0 Å². The van der Waals surface area contributed by atoms with Crippen LogP contribution < -0.4 is 10.2 Å². The quantitative estimate of drug-likeness (QED) is 0.780. The number of para-hydroxylation sites is 1. The maximum absolute atomic E-state index is 12.5. The molecule has 3 aromatic rings. The van der Waals surface area contributed by atoms with Crippen LogP contribution in [0.3, 0.4) is 0 Å². The first-order chi connectivity index (χ1) is 11.8. The molecule has 1 aliphatic rings. The number of carbonyl (C=O) groups excluding carboxylic acids is 1. The highest BCUT2D eigenvalue weighted by molar-refractivity contribution is 5.98. The third-order valence-electron chi connectivity index (χ3n) is 4.65. The number of aromatic nitrogens is 2. The molecule has 0 spiro atoms. The van der Waals surface area contributed by atoms with Crippen molar-refractivity contribution in [3.63, 3.8) is 0 Å². The molecule has 0 aliphatic carbocycles. The minimum atomic E-state index is -0.00346. The molecule has 1 aliphatic heterocycles. The van der Waals surface area contributed by atoms with E-state index in [0.717, 1.165) is 36.8 Å². The summed E-state index contributed by atoms with van der Waals surface area (Å²) in [5.74, 6) is -0.00346.